The lowest BCUT2D eigenvalue weighted by molar-refractivity contribution is -0.138. The van der Waals surface area contributed by atoms with Crippen LogP contribution in [0, 0.1) is 0 Å². The fourth-order valence-electron chi connectivity index (χ4n) is 2.99. The molecule has 1 unspecified atom stereocenters. The van der Waals surface area contributed by atoms with Gasteiger partial charge in [0, 0.05) is 36.9 Å². The van der Waals surface area contributed by atoms with Gasteiger partial charge >= 0.3 is 5.97 Å². The average Bonchev–Trinajstić information content (AvgIpc) is 2.89. The van der Waals surface area contributed by atoms with Crippen LogP contribution in [0.4, 0.5) is 0 Å². The van der Waals surface area contributed by atoms with Crippen molar-refractivity contribution in [1.82, 2.24) is 9.80 Å². The number of nitrogens with zero attached hydrogens (tertiary/aromatic N) is 2. The Kier molecular flexibility index (Phi) is 4.24. The number of benzene rings is 1. The molecule has 1 fully saturated rings. The summed E-state index contributed by atoms with van der Waals surface area (Å²) in [6, 6.07) is 8.25. The second-order valence-electron chi connectivity index (χ2n) is 5.64. The second kappa shape index (κ2) is 6.13. The van der Waals surface area contributed by atoms with Crippen molar-refractivity contribution in [2.45, 2.75) is 12.5 Å². The van der Waals surface area contributed by atoms with Gasteiger partial charge in [0.1, 0.15) is 0 Å². The Morgan fingerprint density at radius 3 is 2.71 bits per heavy atom. The van der Waals surface area contributed by atoms with Gasteiger partial charge in [-0.3, -0.25) is 9.69 Å². The van der Waals surface area contributed by atoms with E-state index in [0.29, 0.717) is 0 Å². The zero-order valence-corrected chi connectivity index (χ0v) is 13.0. The number of hydrogen-bond acceptors (Lipinski definition) is 4. The van der Waals surface area contributed by atoms with Gasteiger partial charge in [0.15, 0.2) is 0 Å². The standard InChI is InChI=1S/C16H20N2O2S/c1-17-6-8-18(9-7-17)14(10-16(19)20)13-11-21-15-5-3-2-4-12(13)15/h2-5,11,14H,6-10H2,1H3,(H,19,20). The lowest BCUT2D eigenvalue weighted by Gasteiger charge is -2.37. The molecule has 4 nitrogen and oxygen atoms in total. The Balaban J connectivity index is 1.93. The van der Waals surface area contributed by atoms with E-state index >= 15 is 0 Å². The minimum atomic E-state index is -0.728. The summed E-state index contributed by atoms with van der Waals surface area (Å²) < 4.78 is 1.23. The summed E-state index contributed by atoms with van der Waals surface area (Å²) in [5, 5.41) is 12.6. The van der Waals surface area contributed by atoms with Crippen molar-refractivity contribution in [1.29, 1.82) is 0 Å². The largest absolute Gasteiger partial charge is 0.481 e. The molecular formula is C16H20N2O2S. The molecule has 0 saturated carbocycles. The Bertz CT molecular complexity index is 632. The normalized spacial score (nSPS) is 18.9. The number of carbonyl (C=O) groups is 1. The summed E-state index contributed by atoms with van der Waals surface area (Å²) in [5.41, 5.74) is 1.17. The second-order valence-corrected chi connectivity index (χ2v) is 6.55. The zero-order chi connectivity index (χ0) is 14.8. The van der Waals surface area contributed by atoms with Crippen molar-refractivity contribution in [3.05, 3.63) is 35.2 Å². The quantitative estimate of drug-likeness (QED) is 0.943. The van der Waals surface area contributed by atoms with E-state index in [1.54, 1.807) is 11.3 Å². The van der Waals surface area contributed by atoms with Gasteiger partial charge in [0.05, 0.1) is 6.42 Å². The van der Waals surface area contributed by atoms with Crippen molar-refractivity contribution >= 4 is 27.4 Å². The van der Waals surface area contributed by atoms with Crippen LogP contribution in [0.1, 0.15) is 18.0 Å². The van der Waals surface area contributed by atoms with E-state index in [9.17, 15) is 9.90 Å². The molecule has 3 rings (SSSR count). The van der Waals surface area contributed by atoms with Crippen molar-refractivity contribution in [3.8, 4) is 0 Å². The zero-order valence-electron chi connectivity index (χ0n) is 12.2. The molecule has 1 aromatic heterocycles. The van der Waals surface area contributed by atoms with Crippen LogP contribution in [0.25, 0.3) is 10.1 Å². The van der Waals surface area contributed by atoms with Crippen LogP contribution < -0.4 is 0 Å². The van der Waals surface area contributed by atoms with Gasteiger partial charge in [-0.05, 0) is 29.4 Å². The number of carboxylic acids is 1. The third-order valence-electron chi connectivity index (χ3n) is 4.22. The molecule has 5 heteroatoms. The molecule has 1 atom stereocenters. The number of carboxylic acid groups (broad SMARTS) is 1. The predicted molar refractivity (Wildman–Crippen MR) is 85.9 cm³/mol. The highest BCUT2D eigenvalue weighted by molar-refractivity contribution is 7.17. The highest BCUT2D eigenvalue weighted by Crippen LogP contribution is 2.35. The molecule has 1 aliphatic rings. The van der Waals surface area contributed by atoms with Crippen LogP contribution in [-0.2, 0) is 4.79 Å². The molecule has 1 aromatic carbocycles. The monoisotopic (exact) mass is 304 g/mol. The molecule has 0 aliphatic carbocycles. The van der Waals surface area contributed by atoms with E-state index in [1.807, 2.05) is 12.1 Å². The number of aliphatic carboxylic acids is 1. The molecule has 0 spiro atoms. The summed E-state index contributed by atoms with van der Waals surface area (Å²) in [5.74, 6) is -0.728. The molecule has 0 bridgehead atoms. The Morgan fingerprint density at radius 1 is 1.29 bits per heavy atom. The molecule has 2 heterocycles. The first-order valence-electron chi connectivity index (χ1n) is 7.25. The van der Waals surface area contributed by atoms with Crippen molar-refractivity contribution in [2.24, 2.45) is 0 Å². The molecule has 2 aromatic rings. The van der Waals surface area contributed by atoms with Crippen LogP contribution in [0.2, 0.25) is 0 Å². The van der Waals surface area contributed by atoms with E-state index in [4.69, 9.17) is 0 Å². The maximum Gasteiger partial charge on any atom is 0.305 e. The van der Waals surface area contributed by atoms with Gasteiger partial charge in [-0.1, -0.05) is 18.2 Å². The number of likely N-dealkylation sites (N-methyl/N-ethyl adjacent to an activating group) is 1. The number of piperazine rings is 1. The van der Waals surface area contributed by atoms with E-state index in [0.717, 1.165) is 26.2 Å². The molecule has 0 amide bonds. The first-order chi connectivity index (χ1) is 10.1. The minimum absolute atomic E-state index is 0.0210. The smallest absolute Gasteiger partial charge is 0.305 e. The number of fused-ring (bicyclic) bond motifs is 1. The maximum atomic E-state index is 11.3. The third kappa shape index (κ3) is 3.10. The van der Waals surface area contributed by atoms with Crippen molar-refractivity contribution in [2.75, 3.05) is 33.2 Å². The number of rotatable bonds is 4. The average molecular weight is 304 g/mol. The number of thiophene rings is 1. The van der Waals surface area contributed by atoms with E-state index in [-0.39, 0.29) is 12.5 Å². The highest BCUT2D eigenvalue weighted by atomic mass is 32.1. The molecule has 112 valence electrons. The minimum Gasteiger partial charge on any atom is -0.481 e. The lowest BCUT2D eigenvalue weighted by atomic mass is 10.0. The van der Waals surface area contributed by atoms with Gasteiger partial charge in [0.2, 0.25) is 0 Å². The molecule has 21 heavy (non-hydrogen) atoms. The van der Waals surface area contributed by atoms with E-state index < -0.39 is 5.97 Å². The Labute approximate surface area is 128 Å². The van der Waals surface area contributed by atoms with Gasteiger partial charge in [-0.25, -0.2) is 0 Å². The lowest BCUT2D eigenvalue weighted by Crippen LogP contribution is -2.46. The summed E-state index contributed by atoms with van der Waals surface area (Å²) in [7, 11) is 2.11. The van der Waals surface area contributed by atoms with Crippen molar-refractivity contribution in [3.63, 3.8) is 0 Å². The molecule has 1 aliphatic heterocycles. The van der Waals surface area contributed by atoms with Crippen LogP contribution in [0.15, 0.2) is 29.6 Å². The summed E-state index contributed by atoms with van der Waals surface area (Å²) in [6.45, 7) is 3.85. The summed E-state index contributed by atoms with van der Waals surface area (Å²) >= 11 is 1.70. The van der Waals surface area contributed by atoms with Gasteiger partial charge in [0.25, 0.3) is 0 Å². The fourth-order valence-corrected chi connectivity index (χ4v) is 4.00. The Morgan fingerprint density at radius 2 is 2.00 bits per heavy atom. The molecular weight excluding hydrogens is 284 g/mol. The highest BCUT2D eigenvalue weighted by Gasteiger charge is 2.27. The van der Waals surface area contributed by atoms with E-state index in [2.05, 4.69) is 34.4 Å². The van der Waals surface area contributed by atoms with Crippen LogP contribution in [-0.4, -0.2) is 54.1 Å². The summed E-state index contributed by atoms with van der Waals surface area (Å²) in [4.78, 5) is 15.9. The van der Waals surface area contributed by atoms with Crippen molar-refractivity contribution < 1.29 is 9.90 Å². The van der Waals surface area contributed by atoms with E-state index in [1.165, 1.54) is 15.6 Å². The number of hydrogen-bond donors (Lipinski definition) is 1. The van der Waals surface area contributed by atoms with Gasteiger partial charge in [-0.2, -0.15) is 0 Å². The van der Waals surface area contributed by atoms with Crippen LogP contribution >= 0.6 is 11.3 Å². The summed E-state index contributed by atoms with van der Waals surface area (Å²) in [6.07, 6.45) is 0.171. The third-order valence-corrected chi connectivity index (χ3v) is 5.20. The molecule has 1 N–H and O–H groups in total. The predicted octanol–water partition coefficient (Wildman–Crippen LogP) is 2.66. The Hall–Kier alpha value is -1.43. The van der Waals surface area contributed by atoms with Crippen LogP contribution in [0.5, 0.6) is 0 Å². The maximum absolute atomic E-state index is 11.3. The SMILES string of the molecule is CN1CCN(C(CC(=O)O)c2csc3ccccc23)CC1. The fraction of sp³-hybridized carbons (Fsp3) is 0.438. The topological polar surface area (TPSA) is 43.8 Å². The first kappa shape index (κ1) is 14.5. The van der Waals surface area contributed by atoms with Gasteiger partial charge < -0.3 is 10.0 Å². The molecule has 0 radical (unpaired) electrons. The van der Waals surface area contributed by atoms with Gasteiger partial charge in [-0.15, -0.1) is 11.3 Å². The first-order valence-corrected chi connectivity index (χ1v) is 8.13. The van der Waals surface area contributed by atoms with Crippen LogP contribution in [0.3, 0.4) is 0 Å². The molecule has 1 saturated heterocycles.